The summed E-state index contributed by atoms with van der Waals surface area (Å²) in [5, 5.41) is 2.77. The van der Waals surface area contributed by atoms with Crippen LogP contribution >= 0.6 is 22.9 Å². The summed E-state index contributed by atoms with van der Waals surface area (Å²) in [5.41, 5.74) is 5.64. The molecule has 0 spiro atoms. The normalized spacial score (nSPS) is 14.5. The fourth-order valence-corrected chi connectivity index (χ4v) is 5.50. The predicted molar refractivity (Wildman–Crippen MR) is 133 cm³/mol. The Morgan fingerprint density at radius 1 is 1.06 bits per heavy atom. The van der Waals surface area contributed by atoms with Crippen molar-refractivity contribution in [3.05, 3.63) is 65.3 Å². The lowest BCUT2D eigenvalue weighted by Gasteiger charge is -2.35. The topological polar surface area (TPSA) is 70.1 Å². The van der Waals surface area contributed by atoms with Gasteiger partial charge in [-0.3, -0.25) is 4.79 Å². The highest BCUT2D eigenvalue weighted by Gasteiger charge is 2.25. The number of carbonyl (C=O) groups excluding carboxylic acids is 1. The van der Waals surface area contributed by atoms with Gasteiger partial charge in [0.05, 0.1) is 16.5 Å². The van der Waals surface area contributed by atoms with E-state index in [2.05, 4.69) is 14.9 Å². The zero-order chi connectivity index (χ0) is 22.4. The second-order valence-electron chi connectivity index (χ2n) is 8.09. The molecule has 1 saturated heterocycles. The van der Waals surface area contributed by atoms with Crippen LogP contribution < -0.4 is 4.90 Å². The SMILES string of the molecule is O=C(Cn1ccc2c(Cl)cccc21)N1CCN(c2scnc2-c2nc3ccccc3[nH]2)CC1. The lowest BCUT2D eigenvalue weighted by atomic mass is 10.2. The van der Waals surface area contributed by atoms with Gasteiger partial charge in [-0.25, -0.2) is 9.97 Å². The summed E-state index contributed by atoms with van der Waals surface area (Å²) in [6.45, 7) is 3.19. The fraction of sp³-hybridized carbons (Fsp3) is 0.208. The van der Waals surface area contributed by atoms with E-state index >= 15 is 0 Å². The summed E-state index contributed by atoms with van der Waals surface area (Å²) in [6, 6.07) is 15.7. The minimum Gasteiger partial charge on any atom is -0.358 e. The van der Waals surface area contributed by atoms with Crippen LogP contribution in [0.4, 0.5) is 5.00 Å². The molecule has 7 nitrogen and oxygen atoms in total. The van der Waals surface area contributed by atoms with E-state index < -0.39 is 0 Å². The second kappa shape index (κ2) is 8.20. The number of piperazine rings is 1. The van der Waals surface area contributed by atoms with Gasteiger partial charge in [0.25, 0.3) is 0 Å². The smallest absolute Gasteiger partial charge is 0.242 e. The number of para-hydroxylation sites is 2. The molecule has 1 N–H and O–H groups in total. The molecule has 3 aromatic heterocycles. The summed E-state index contributed by atoms with van der Waals surface area (Å²) in [4.78, 5) is 29.9. The van der Waals surface area contributed by atoms with Crippen LogP contribution in [0, 0.1) is 0 Å². The summed E-state index contributed by atoms with van der Waals surface area (Å²) >= 11 is 7.89. The third-order valence-electron chi connectivity index (χ3n) is 6.15. The molecule has 166 valence electrons. The molecule has 1 fully saturated rings. The summed E-state index contributed by atoms with van der Waals surface area (Å²) < 4.78 is 1.97. The molecule has 2 aromatic carbocycles. The molecule has 4 heterocycles. The molecular formula is C24H21ClN6OS. The van der Waals surface area contributed by atoms with Gasteiger partial charge in [0.1, 0.15) is 17.2 Å². The Morgan fingerprint density at radius 3 is 2.76 bits per heavy atom. The molecule has 6 rings (SSSR count). The Morgan fingerprint density at radius 2 is 1.91 bits per heavy atom. The first-order valence-electron chi connectivity index (χ1n) is 10.8. The number of rotatable bonds is 4. The van der Waals surface area contributed by atoms with Crippen molar-refractivity contribution in [3.63, 3.8) is 0 Å². The Kier molecular flexibility index (Phi) is 5.04. The molecule has 5 aromatic rings. The minimum atomic E-state index is 0.119. The van der Waals surface area contributed by atoms with Crippen molar-refractivity contribution >= 4 is 55.8 Å². The zero-order valence-corrected chi connectivity index (χ0v) is 19.3. The van der Waals surface area contributed by atoms with Crippen molar-refractivity contribution in [2.45, 2.75) is 6.54 Å². The Hall–Kier alpha value is -3.36. The van der Waals surface area contributed by atoms with Crippen LogP contribution in [-0.2, 0) is 11.3 Å². The van der Waals surface area contributed by atoms with E-state index in [0.717, 1.165) is 51.5 Å². The standard InChI is InChI=1S/C24H21ClN6OS/c25-17-4-3-7-20-16(17)8-9-31(20)14-21(32)29-10-12-30(13-11-29)24-22(26-15-33-24)23-27-18-5-1-2-6-19(18)28-23/h1-9,15H,10-14H2,(H,27,28). The van der Waals surface area contributed by atoms with Crippen LogP contribution in [0.15, 0.2) is 60.2 Å². The number of imidazole rings is 1. The molecule has 1 amide bonds. The summed E-state index contributed by atoms with van der Waals surface area (Å²) in [5.74, 6) is 0.901. The molecule has 1 aliphatic heterocycles. The number of hydrogen-bond acceptors (Lipinski definition) is 5. The van der Waals surface area contributed by atoms with Crippen molar-refractivity contribution in [2.24, 2.45) is 0 Å². The highest BCUT2D eigenvalue weighted by molar-refractivity contribution is 7.14. The molecule has 9 heteroatoms. The number of halogens is 1. The first-order valence-corrected chi connectivity index (χ1v) is 12.1. The van der Waals surface area contributed by atoms with Crippen molar-refractivity contribution in [1.29, 1.82) is 0 Å². The van der Waals surface area contributed by atoms with E-state index in [-0.39, 0.29) is 5.91 Å². The first-order chi connectivity index (χ1) is 16.2. The Balaban J connectivity index is 1.15. The van der Waals surface area contributed by atoms with Crippen LogP contribution in [0.2, 0.25) is 5.02 Å². The monoisotopic (exact) mass is 476 g/mol. The number of carbonyl (C=O) groups is 1. The molecule has 0 bridgehead atoms. The molecular weight excluding hydrogens is 456 g/mol. The number of H-pyrrole nitrogens is 1. The van der Waals surface area contributed by atoms with Crippen LogP contribution in [-0.4, -0.2) is 56.5 Å². The maximum atomic E-state index is 13.0. The van der Waals surface area contributed by atoms with Gasteiger partial charge >= 0.3 is 0 Å². The van der Waals surface area contributed by atoms with E-state index in [9.17, 15) is 4.79 Å². The van der Waals surface area contributed by atoms with Gasteiger partial charge < -0.3 is 19.4 Å². The highest BCUT2D eigenvalue weighted by atomic mass is 35.5. The van der Waals surface area contributed by atoms with Crippen LogP contribution in [0.5, 0.6) is 0 Å². The molecule has 0 aliphatic carbocycles. The second-order valence-corrected chi connectivity index (χ2v) is 9.33. The molecule has 0 radical (unpaired) electrons. The number of aromatic amines is 1. The van der Waals surface area contributed by atoms with Gasteiger partial charge in [-0.05, 0) is 30.3 Å². The van der Waals surface area contributed by atoms with Crippen LogP contribution in [0.1, 0.15) is 0 Å². The summed E-state index contributed by atoms with van der Waals surface area (Å²) in [7, 11) is 0. The third kappa shape index (κ3) is 3.65. The number of aromatic nitrogens is 4. The lowest BCUT2D eigenvalue weighted by Crippen LogP contribution is -2.49. The van der Waals surface area contributed by atoms with Gasteiger partial charge in [0.15, 0.2) is 5.82 Å². The Bertz CT molecular complexity index is 1430. The number of hydrogen-bond donors (Lipinski definition) is 1. The quantitative estimate of drug-likeness (QED) is 0.410. The predicted octanol–water partition coefficient (Wildman–Crippen LogP) is 4.64. The van der Waals surface area contributed by atoms with Crippen molar-refractivity contribution < 1.29 is 4.79 Å². The molecule has 0 saturated carbocycles. The number of nitrogens with one attached hydrogen (secondary N) is 1. The van der Waals surface area contributed by atoms with E-state index in [1.54, 1.807) is 11.3 Å². The van der Waals surface area contributed by atoms with Gasteiger partial charge in [-0.2, -0.15) is 0 Å². The molecule has 0 unspecified atom stereocenters. The van der Waals surface area contributed by atoms with Crippen LogP contribution in [0.3, 0.4) is 0 Å². The average Bonchev–Trinajstić information content (AvgIpc) is 3.58. The van der Waals surface area contributed by atoms with Gasteiger partial charge in [0.2, 0.25) is 5.91 Å². The first kappa shape index (κ1) is 20.3. The molecule has 1 aliphatic rings. The maximum Gasteiger partial charge on any atom is 0.242 e. The van der Waals surface area contributed by atoms with E-state index in [0.29, 0.717) is 24.7 Å². The van der Waals surface area contributed by atoms with E-state index in [1.807, 2.05) is 69.7 Å². The van der Waals surface area contributed by atoms with Crippen molar-refractivity contribution in [3.8, 4) is 11.5 Å². The van der Waals surface area contributed by atoms with Gasteiger partial charge in [0, 0.05) is 48.3 Å². The highest BCUT2D eigenvalue weighted by Crippen LogP contribution is 2.34. The Labute approximate surface area is 199 Å². The number of benzene rings is 2. The maximum absolute atomic E-state index is 13.0. The largest absolute Gasteiger partial charge is 0.358 e. The zero-order valence-electron chi connectivity index (χ0n) is 17.7. The number of thiazole rings is 1. The average molecular weight is 477 g/mol. The van der Waals surface area contributed by atoms with Crippen LogP contribution in [0.25, 0.3) is 33.5 Å². The number of fused-ring (bicyclic) bond motifs is 2. The summed E-state index contributed by atoms with van der Waals surface area (Å²) in [6.07, 6.45) is 1.93. The minimum absolute atomic E-state index is 0.119. The third-order valence-corrected chi connectivity index (χ3v) is 7.36. The molecule has 33 heavy (non-hydrogen) atoms. The van der Waals surface area contributed by atoms with E-state index in [1.165, 1.54) is 0 Å². The van der Waals surface area contributed by atoms with E-state index in [4.69, 9.17) is 16.6 Å². The fourth-order valence-electron chi connectivity index (χ4n) is 4.42. The number of anilines is 1. The van der Waals surface area contributed by atoms with Crippen molar-refractivity contribution in [2.75, 3.05) is 31.1 Å². The molecule has 0 atom stereocenters. The van der Waals surface area contributed by atoms with Gasteiger partial charge in [-0.15, -0.1) is 11.3 Å². The van der Waals surface area contributed by atoms with Crippen molar-refractivity contribution in [1.82, 2.24) is 24.4 Å². The number of amides is 1. The lowest BCUT2D eigenvalue weighted by molar-refractivity contribution is -0.132. The number of nitrogens with zero attached hydrogens (tertiary/aromatic N) is 5. The van der Waals surface area contributed by atoms with Gasteiger partial charge in [-0.1, -0.05) is 29.8 Å².